The molecule has 1 amide bonds. The number of carbonyl (C=O) groups is 1. The molecule has 28 heavy (non-hydrogen) atoms. The van der Waals surface area contributed by atoms with Crippen LogP contribution in [0.1, 0.15) is 25.3 Å². The number of aryl methyl sites for hydroxylation is 1. The largest absolute Gasteiger partial charge is 0.352 e. The maximum atomic E-state index is 12.7. The minimum Gasteiger partial charge on any atom is -0.352 e. The second kappa shape index (κ2) is 11.2. The van der Waals surface area contributed by atoms with E-state index in [1.165, 1.54) is 17.7 Å². The molecule has 2 unspecified atom stereocenters. The average Bonchev–Trinajstić information content (AvgIpc) is 2.71. The Kier molecular flexibility index (Phi) is 9.02. The van der Waals surface area contributed by atoms with Crippen LogP contribution in [0.15, 0.2) is 65.6 Å². The number of amides is 1. The highest BCUT2D eigenvalue weighted by atomic mass is 32.2. The Morgan fingerprint density at radius 2 is 1.61 bits per heavy atom. The lowest BCUT2D eigenvalue weighted by atomic mass is 10.1. The highest BCUT2D eigenvalue weighted by Gasteiger charge is 2.26. The van der Waals surface area contributed by atoms with E-state index in [0.29, 0.717) is 12.2 Å². The van der Waals surface area contributed by atoms with Crippen molar-refractivity contribution >= 4 is 27.7 Å². The number of thioether (sulfide) groups is 1. The third-order valence-electron chi connectivity index (χ3n) is 4.38. The van der Waals surface area contributed by atoms with Gasteiger partial charge in [-0.05, 0) is 55.9 Å². The van der Waals surface area contributed by atoms with Gasteiger partial charge >= 0.3 is 0 Å². The molecule has 0 bridgehead atoms. The smallest absolute Gasteiger partial charge is 0.241 e. The third-order valence-corrected chi connectivity index (χ3v) is 6.51. The summed E-state index contributed by atoms with van der Waals surface area (Å²) in [5, 5.41) is 2.96. The van der Waals surface area contributed by atoms with Gasteiger partial charge in [0.1, 0.15) is 6.04 Å². The van der Waals surface area contributed by atoms with Crippen molar-refractivity contribution < 1.29 is 13.2 Å². The number of benzene rings is 2. The predicted molar refractivity (Wildman–Crippen MR) is 116 cm³/mol. The summed E-state index contributed by atoms with van der Waals surface area (Å²) in [5.41, 5.74) is 1.22. The van der Waals surface area contributed by atoms with Crippen LogP contribution in [-0.4, -0.2) is 38.4 Å². The molecule has 0 saturated heterocycles. The van der Waals surface area contributed by atoms with Crippen molar-refractivity contribution in [3.63, 3.8) is 0 Å². The zero-order valence-corrected chi connectivity index (χ0v) is 17.9. The van der Waals surface area contributed by atoms with Crippen molar-refractivity contribution in [2.24, 2.45) is 0 Å². The number of rotatable bonds is 11. The number of hydrogen-bond acceptors (Lipinski definition) is 4. The molecular formula is C21H28N2O3S2. The number of carbonyl (C=O) groups excluding carboxylic acids is 1. The fraction of sp³-hybridized carbons (Fsp3) is 0.381. The molecule has 0 radical (unpaired) electrons. The summed E-state index contributed by atoms with van der Waals surface area (Å²) < 4.78 is 27.8. The van der Waals surface area contributed by atoms with Crippen molar-refractivity contribution in [3.05, 3.63) is 66.2 Å². The normalized spacial score (nSPS) is 13.6. The van der Waals surface area contributed by atoms with E-state index in [4.69, 9.17) is 0 Å². The molecule has 2 aromatic rings. The topological polar surface area (TPSA) is 75.3 Å². The molecule has 0 saturated carbocycles. The second-order valence-electron chi connectivity index (χ2n) is 6.70. The van der Waals surface area contributed by atoms with Gasteiger partial charge in [-0.15, -0.1) is 0 Å². The van der Waals surface area contributed by atoms with E-state index in [-0.39, 0.29) is 16.8 Å². The minimum atomic E-state index is -3.75. The molecule has 2 aromatic carbocycles. The maximum absolute atomic E-state index is 12.7. The summed E-state index contributed by atoms with van der Waals surface area (Å²) in [5.74, 6) is 0.405. The molecule has 2 rings (SSSR count). The number of sulfonamides is 1. The van der Waals surface area contributed by atoms with Crippen molar-refractivity contribution in [1.29, 1.82) is 0 Å². The summed E-state index contributed by atoms with van der Waals surface area (Å²) in [6, 6.07) is 17.4. The number of nitrogens with one attached hydrogen (secondary N) is 2. The highest BCUT2D eigenvalue weighted by Crippen LogP contribution is 2.11. The highest BCUT2D eigenvalue weighted by molar-refractivity contribution is 7.98. The molecule has 5 nitrogen and oxygen atoms in total. The molecule has 152 valence electrons. The van der Waals surface area contributed by atoms with Gasteiger partial charge in [-0.3, -0.25) is 4.79 Å². The first-order chi connectivity index (χ1) is 13.4. The lowest BCUT2D eigenvalue weighted by molar-refractivity contribution is -0.123. The quantitative estimate of drug-likeness (QED) is 0.585. The van der Waals surface area contributed by atoms with Crippen LogP contribution in [0.2, 0.25) is 0 Å². The predicted octanol–water partition coefficient (Wildman–Crippen LogP) is 3.22. The molecule has 2 N–H and O–H groups in total. The van der Waals surface area contributed by atoms with E-state index in [1.807, 2.05) is 31.4 Å². The molecule has 0 aromatic heterocycles. The van der Waals surface area contributed by atoms with Crippen molar-refractivity contribution in [2.75, 3.05) is 12.0 Å². The minimum absolute atomic E-state index is 0.0503. The van der Waals surface area contributed by atoms with Crippen molar-refractivity contribution in [2.45, 2.75) is 43.2 Å². The summed E-state index contributed by atoms with van der Waals surface area (Å²) in [4.78, 5) is 12.9. The average molecular weight is 421 g/mol. The Morgan fingerprint density at radius 3 is 2.21 bits per heavy atom. The summed E-state index contributed by atoms with van der Waals surface area (Å²) in [7, 11) is -3.75. The molecule has 7 heteroatoms. The van der Waals surface area contributed by atoms with E-state index < -0.39 is 16.1 Å². The van der Waals surface area contributed by atoms with Gasteiger partial charge in [-0.2, -0.15) is 16.5 Å². The first kappa shape index (κ1) is 22.5. The van der Waals surface area contributed by atoms with Gasteiger partial charge in [0, 0.05) is 6.04 Å². The molecule has 2 atom stereocenters. The lowest BCUT2D eigenvalue weighted by Crippen LogP contribution is -2.49. The van der Waals surface area contributed by atoms with Gasteiger partial charge in [0.05, 0.1) is 4.90 Å². The zero-order chi connectivity index (χ0) is 20.4. The Bertz CT molecular complexity index is 827. The monoisotopic (exact) mass is 420 g/mol. The molecule has 0 fully saturated rings. The molecule has 0 aliphatic rings. The van der Waals surface area contributed by atoms with Gasteiger partial charge < -0.3 is 5.32 Å². The van der Waals surface area contributed by atoms with E-state index in [2.05, 4.69) is 22.2 Å². The molecule has 0 aliphatic carbocycles. The van der Waals surface area contributed by atoms with Gasteiger partial charge in [-0.1, -0.05) is 48.5 Å². The molecular weight excluding hydrogens is 392 g/mol. The van der Waals surface area contributed by atoms with Crippen LogP contribution < -0.4 is 10.0 Å². The standard InChI is InChI=1S/C21H28N2O3S2/c1-17(13-14-18-9-5-3-6-10-18)22-21(24)20(15-16-27-2)23-28(25,26)19-11-7-4-8-12-19/h3-12,17,20,23H,13-16H2,1-2H3,(H,22,24). The van der Waals surface area contributed by atoms with E-state index in [9.17, 15) is 13.2 Å². The van der Waals surface area contributed by atoms with Crippen LogP contribution in [0, 0.1) is 0 Å². The first-order valence-corrected chi connectivity index (χ1v) is 12.2. The Labute approximate surface area is 172 Å². The van der Waals surface area contributed by atoms with Crippen molar-refractivity contribution in [1.82, 2.24) is 10.0 Å². The fourth-order valence-electron chi connectivity index (χ4n) is 2.78. The Balaban J connectivity index is 1.98. The second-order valence-corrected chi connectivity index (χ2v) is 9.40. The van der Waals surface area contributed by atoms with Crippen LogP contribution in [0.3, 0.4) is 0 Å². The van der Waals surface area contributed by atoms with Crippen molar-refractivity contribution in [3.8, 4) is 0 Å². The van der Waals surface area contributed by atoms with E-state index >= 15 is 0 Å². The first-order valence-electron chi connectivity index (χ1n) is 9.33. The van der Waals surface area contributed by atoms with Gasteiger partial charge in [0.25, 0.3) is 0 Å². The van der Waals surface area contributed by atoms with Gasteiger partial charge in [0.15, 0.2) is 0 Å². The zero-order valence-electron chi connectivity index (χ0n) is 16.3. The van der Waals surface area contributed by atoms with Crippen LogP contribution in [-0.2, 0) is 21.2 Å². The van der Waals surface area contributed by atoms with E-state index in [0.717, 1.165) is 12.8 Å². The van der Waals surface area contributed by atoms with Crippen LogP contribution in [0.4, 0.5) is 0 Å². The fourth-order valence-corrected chi connectivity index (χ4v) is 4.50. The molecule has 0 heterocycles. The van der Waals surface area contributed by atoms with Gasteiger partial charge in [-0.25, -0.2) is 8.42 Å². The molecule has 0 spiro atoms. The lowest BCUT2D eigenvalue weighted by Gasteiger charge is -2.21. The summed E-state index contributed by atoms with van der Waals surface area (Å²) >= 11 is 1.58. The maximum Gasteiger partial charge on any atom is 0.241 e. The number of hydrogen-bond donors (Lipinski definition) is 2. The summed E-state index contributed by atoms with van der Waals surface area (Å²) in [6.45, 7) is 1.94. The molecule has 0 aliphatic heterocycles. The Hall–Kier alpha value is -1.83. The van der Waals surface area contributed by atoms with Crippen LogP contribution >= 0.6 is 11.8 Å². The van der Waals surface area contributed by atoms with Gasteiger partial charge in [0.2, 0.25) is 15.9 Å². The Morgan fingerprint density at radius 1 is 1.00 bits per heavy atom. The van der Waals surface area contributed by atoms with Crippen LogP contribution in [0.25, 0.3) is 0 Å². The third kappa shape index (κ3) is 7.30. The summed E-state index contributed by atoms with van der Waals surface area (Å²) in [6.07, 6.45) is 4.01. The van der Waals surface area contributed by atoms with Crippen LogP contribution in [0.5, 0.6) is 0 Å². The van der Waals surface area contributed by atoms with E-state index in [1.54, 1.807) is 30.0 Å². The SMILES string of the molecule is CSCCC(NS(=O)(=O)c1ccccc1)C(=O)NC(C)CCc1ccccc1.